The maximum atomic E-state index is 12.0. The molecule has 0 radical (unpaired) electrons. The summed E-state index contributed by atoms with van der Waals surface area (Å²) in [5.41, 5.74) is 1.05. The van der Waals surface area contributed by atoms with Crippen molar-refractivity contribution in [3.63, 3.8) is 0 Å². The first-order valence-electron chi connectivity index (χ1n) is 6.40. The number of nitrogens with one attached hydrogen (secondary N) is 1. The molecule has 0 bridgehead atoms. The Kier molecular flexibility index (Phi) is 5.13. The van der Waals surface area contributed by atoms with E-state index in [1.165, 1.54) is 0 Å². The highest BCUT2D eigenvalue weighted by Crippen LogP contribution is 2.20. The van der Waals surface area contributed by atoms with E-state index >= 15 is 0 Å². The number of hydrogen-bond acceptors (Lipinski definition) is 3. The molecular weight excluding hydrogens is 258 g/mol. The summed E-state index contributed by atoms with van der Waals surface area (Å²) in [5, 5.41) is 11.5. The predicted molar refractivity (Wildman–Crippen MR) is 75.9 cm³/mol. The van der Waals surface area contributed by atoms with Gasteiger partial charge in [-0.05, 0) is 26.8 Å². The average Bonchev–Trinajstić information content (AvgIpc) is 2.26. The van der Waals surface area contributed by atoms with E-state index in [1.807, 2.05) is 25.1 Å². The molecule has 0 atom stereocenters. The Hall–Kier alpha value is -2.04. The lowest BCUT2D eigenvalue weighted by Gasteiger charge is -2.24. The van der Waals surface area contributed by atoms with Gasteiger partial charge in [0.1, 0.15) is 5.75 Å². The number of aryl methyl sites for hydroxylation is 1. The molecule has 0 unspecified atom stereocenters. The highest BCUT2D eigenvalue weighted by molar-refractivity contribution is 5.81. The number of hydrogen-bond donors (Lipinski definition) is 2. The number of ether oxygens (including phenoxy) is 1. The minimum Gasteiger partial charge on any atom is -0.496 e. The number of carbonyl (C=O) groups is 2. The Morgan fingerprint density at radius 1 is 1.35 bits per heavy atom. The molecular formula is C15H21NO4. The maximum absolute atomic E-state index is 12.0. The van der Waals surface area contributed by atoms with Crippen LogP contribution in [0.2, 0.25) is 0 Å². The van der Waals surface area contributed by atoms with Crippen LogP contribution in [0.4, 0.5) is 0 Å². The van der Waals surface area contributed by atoms with Gasteiger partial charge in [-0.3, -0.25) is 9.59 Å². The van der Waals surface area contributed by atoms with Crippen molar-refractivity contribution in [2.45, 2.75) is 39.2 Å². The number of rotatable bonds is 6. The Labute approximate surface area is 118 Å². The van der Waals surface area contributed by atoms with E-state index in [4.69, 9.17) is 9.84 Å². The van der Waals surface area contributed by atoms with Crippen LogP contribution in [0.3, 0.4) is 0 Å². The van der Waals surface area contributed by atoms with Crippen LogP contribution >= 0.6 is 0 Å². The third-order valence-electron chi connectivity index (χ3n) is 2.86. The quantitative estimate of drug-likeness (QED) is 0.834. The molecule has 110 valence electrons. The molecule has 0 aliphatic rings. The summed E-state index contributed by atoms with van der Waals surface area (Å²) in [7, 11) is 1.56. The smallest absolute Gasteiger partial charge is 0.305 e. The lowest BCUT2D eigenvalue weighted by molar-refractivity contribution is -0.138. The molecule has 0 aromatic heterocycles. The Balaban J connectivity index is 2.76. The van der Waals surface area contributed by atoms with E-state index in [9.17, 15) is 9.59 Å². The van der Waals surface area contributed by atoms with Gasteiger partial charge in [-0.2, -0.15) is 0 Å². The zero-order valence-electron chi connectivity index (χ0n) is 12.3. The molecule has 0 fully saturated rings. The number of carbonyl (C=O) groups excluding carboxylic acids is 1. The van der Waals surface area contributed by atoms with Crippen molar-refractivity contribution in [3.8, 4) is 5.75 Å². The largest absolute Gasteiger partial charge is 0.496 e. The molecule has 5 nitrogen and oxygen atoms in total. The zero-order chi connectivity index (χ0) is 15.3. The van der Waals surface area contributed by atoms with Crippen molar-refractivity contribution in [1.29, 1.82) is 0 Å². The summed E-state index contributed by atoms with van der Waals surface area (Å²) >= 11 is 0. The van der Waals surface area contributed by atoms with Crippen molar-refractivity contribution >= 4 is 11.9 Å². The number of carboxylic acids is 1. The van der Waals surface area contributed by atoms with Gasteiger partial charge in [-0.25, -0.2) is 0 Å². The first kappa shape index (κ1) is 16.0. The van der Waals surface area contributed by atoms with Crippen molar-refractivity contribution < 1.29 is 19.4 Å². The summed E-state index contributed by atoms with van der Waals surface area (Å²) in [4.78, 5) is 22.8. The standard InChI is InChI=1S/C15H21NO4/c1-10-5-6-12(20-4)11(7-10)8-13(17)16-15(2,3)9-14(18)19/h5-7H,8-9H2,1-4H3,(H,16,17)(H,18,19). The fourth-order valence-electron chi connectivity index (χ4n) is 2.06. The van der Waals surface area contributed by atoms with Gasteiger partial charge in [-0.1, -0.05) is 17.7 Å². The molecule has 1 rings (SSSR count). The predicted octanol–water partition coefficient (Wildman–Crippen LogP) is 1.92. The highest BCUT2D eigenvalue weighted by Gasteiger charge is 2.24. The van der Waals surface area contributed by atoms with Crippen LogP contribution in [0.25, 0.3) is 0 Å². The second-order valence-electron chi connectivity index (χ2n) is 5.49. The fourth-order valence-corrected chi connectivity index (χ4v) is 2.06. The summed E-state index contributed by atoms with van der Waals surface area (Å²) in [6.07, 6.45) is 0.0393. The van der Waals surface area contributed by atoms with Gasteiger partial charge in [-0.15, -0.1) is 0 Å². The third kappa shape index (κ3) is 4.91. The number of aliphatic carboxylic acids is 1. The molecule has 0 heterocycles. The summed E-state index contributed by atoms with van der Waals surface area (Å²) < 4.78 is 5.22. The number of benzene rings is 1. The Morgan fingerprint density at radius 2 is 2.00 bits per heavy atom. The van der Waals surface area contributed by atoms with E-state index in [-0.39, 0.29) is 18.7 Å². The van der Waals surface area contributed by atoms with E-state index in [1.54, 1.807) is 21.0 Å². The van der Waals surface area contributed by atoms with E-state index in [0.717, 1.165) is 11.1 Å². The van der Waals surface area contributed by atoms with Gasteiger partial charge in [0.05, 0.1) is 20.0 Å². The lowest BCUT2D eigenvalue weighted by atomic mass is 9.99. The number of amides is 1. The van der Waals surface area contributed by atoms with Crippen LogP contribution in [0.1, 0.15) is 31.4 Å². The molecule has 2 N–H and O–H groups in total. The summed E-state index contributed by atoms with van der Waals surface area (Å²) in [6, 6.07) is 5.62. The monoisotopic (exact) mass is 279 g/mol. The van der Waals surface area contributed by atoms with Crippen molar-refractivity contribution in [2.75, 3.05) is 7.11 Å². The summed E-state index contributed by atoms with van der Waals surface area (Å²) in [5.74, 6) is -0.509. The summed E-state index contributed by atoms with van der Waals surface area (Å²) in [6.45, 7) is 5.31. The van der Waals surface area contributed by atoms with Gasteiger partial charge in [0.15, 0.2) is 0 Å². The molecule has 0 aliphatic carbocycles. The Bertz CT molecular complexity index is 509. The second-order valence-corrected chi connectivity index (χ2v) is 5.49. The van der Waals surface area contributed by atoms with Crippen molar-refractivity contribution in [1.82, 2.24) is 5.32 Å². The topological polar surface area (TPSA) is 75.6 Å². The van der Waals surface area contributed by atoms with Gasteiger partial charge in [0.2, 0.25) is 5.91 Å². The van der Waals surface area contributed by atoms with Crippen LogP contribution < -0.4 is 10.1 Å². The Morgan fingerprint density at radius 3 is 2.55 bits per heavy atom. The second kappa shape index (κ2) is 6.41. The molecule has 1 aromatic carbocycles. The van der Waals surface area contributed by atoms with Crippen LogP contribution in [0, 0.1) is 6.92 Å². The molecule has 1 amide bonds. The molecule has 0 aliphatic heterocycles. The molecule has 1 aromatic rings. The lowest BCUT2D eigenvalue weighted by Crippen LogP contribution is -2.45. The first-order valence-corrected chi connectivity index (χ1v) is 6.40. The molecule has 5 heteroatoms. The number of carboxylic acid groups (broad SMARTS) is 1. The minimum absolute atomic E-state index is 0.121. The van der Waals surface area contributed by atoms with Crippen LogP contribution in [-0.2, 0) is 16.0 Å². The number of methoxy groups -OCH3 is 1. The maximum Gasteiger partial charge on any atom is 0.305 e. The normalized spacial score (nSPS) is 11.0. The van der Waals surface area contributed by atoms with Gasteiger partial charge >= 0.3 is 5.97 Å². The van der Waals surface area contributed by atoms with Crippen molar-refractivity contribution in [3.05, 3.63) is 29.3 Å². The molecule has 0 spiro atoms. The van der Waals surface area contributed by atoms with Crippen LogP contribution in [-0.4, -0.2) is 29.6 Å². The average molecular weight is 279 g/mol. The highest BCUT2D eigenvalue weighted by atomic mass is 16.5. The van der Waals surface area contributed by atoms with Gasteiger partial charge in [0, 0.05) is 11.1 Å². The first-order chi connectivity index (χ1) is 9.23. The minimum atomic E-state index is -0.941. The zero-order valence-corrected chi connectivity index (χ0v) is 12.3. The van der Waals surface area contributed by atoms with Crippen LogP contribution in [0.15, 0.2) is 18.2 Å². The van der Waals surface area contributed by atoms with E-state index < -0.39 is 11.5 Å². The molecule has 20 heavy (non-hydrogen) atoms. The van der Waals surface area contributed by atoms with Gasteiger partial charge in [0.25, 0.3) is 0 Å². The third-order valence-corrected chi connectivity index (χ3v) is 2.86. The van der Waals surface area contributed by atoms with Crippen molar-refractivity contribution in [2.24, 2.45) is 0 Å². The van der Waals surface area contributed by atoms with E-state index in [2.05, 4.69) is 5.32 Å². The molecule has 0 saturated carbocycles. The SMILES string of the molecule is COc1ccc(C)cc1CC(=O)NC(C)(C)CC(=O)O. The van der Waals surface area contributed by atoms with Crippen LogP contribution in [0.5, 0.6) is 5.75 Å². The molecule has 0 saturated heterocycles. The van der Waals surface area contributed by atoms with E-state index in [0.29, 0.717) is 5.75 Å². The fraction of sp³-hybridized carbons (Fsp3) is 0.467. The van der Waals surface area contributed by atoms with Gasteiger partial charge < -0.3 is 15.2 Å².